The Hall–Kier alpha value is -1.82. The van der Waals surface area contributed by atoms with Crippen LogP contribution in [0.4, 0.5) is 18.9 Å². The lowest BCUT2D eigenvalue weighted by molar-refractivity contribution is 0.101. The third-order valence-corrected chi connectivity index (χ3v) is 3.63. The van der Waals surface area contributed by atoms with Crippen LogP contribution in [0.15, 0.2) is 28.7 Å². The summed E-state index contributed by atoms with van der Waals surface area (Å²) < 4.78 is 41.3. The van der Waals surface area contributed by atoms with Crippen molar-refractivity contribution >= 4 is 27.5 Å². The van der Waals surface area contributed by atoms with Gasteiger partial charge in [-0.2, -0.15) is 0 Å². The number of hydrogen-bond donors (Lipinski definition) is 1. The van der Waals surface area contributed by atoms with Gasteiger partial charge >= 0.3 is 0 Å². The SMILES string of the molecule is Cc1cc(Br)c(F)cc1NC(=O)c1c(F)ccc(C)c1F. The first-order chi connectivity index (χ1) is 9.81. The summed E-state index contributed by atoms with van der Waals surface area (Å²) in [5.74, 6) is -3.44. The topological polar surface area (TPSA) is 29.1 Å². The van der Waals surface area contributed by atoms with E-state index in [-0.39, 0.29) is 15.7 Å². The van der Waals surface area contributed by atoms with Gasteiger partial charge in [0.15, 0.2) is 0 Å². The number of amides is 1. The third kappa shape index (κ3) is 3.10. The van der Waals surface area contributed by atoms with E-state index in [4.69, 9.17) is 0 Å². The number of aryl methyl sites for hydroxylation is 2. The first-order valence-corrected chi connectivity index (χ1v) is 6.82. The van der Waals surface area contributed by atoms with Gasteiger partial charge in [0.2, 0.25) is 0 Å². The molecule has 0 saturated heterocycles. The number of halogens is 4. The maximum Gasteiger partial charge on any atom is 0.261 e. The summed E-state index contributed by atoms with van der Waals surface area (Å²) in [5.41, 5.74) is 0.184. The summed E-state index contributed by atoms with van der Waals surface area (Å²) in [6.07, 6.45) is 0. The van der Waals surface area contributed by atoms with Crippen LogP contribution in [-0.4, -0.2) is 5.91 Å². The Balaban J connectivity index is 2.40. The van der Waals surface area contributed by atoms with Crippen LogP contribution in [0.25, 0.3) is 0 Å². The molecule has 2 rings (SSSR count). The molecule has 2 aromatic carbocycles. The highest BCUT2D eigenvalue weighted by Crippen LogP contribution is 2.25. The van der Waals surface area contributed by atoms with E-state index in [1.54, 1.807) is 6.92 Å². The van der Waals surface area contributed by atoms with E-state index in [2.05, 4.69) is 21.2 Å². The zero-order valence-electron chi connectivity index (χ0n) is 11.2. The van der Waals surface area contributed by atoms with Gasteiger partial charge in [-0.25, -0.2) is 13.2 Å². The lowest BCUT2D eigenvalue weighted by Crippen LogP contribution is -2.17. The predicted octanol–water partition coefficient (Wildman–Crippen LogP) is 4.74. The maximum atomic E-state index is 13.9. The Kier molecular flexibility index (Phi) is 4.37. The van der Waals surface area contributed by atoms with Crippen molar-refractivity contribution in [2.75, 3.05) is 5.32 Å². The third-order valence-electron chi connectivity index (χ3n) is 3.03. The predicted molar refractivity (Wildman–Crippen MR) is 77.9 cm³/mol. The summed E-state index contributed by atoms with van der Waals surface area (Å²) in [6, 6.07) is 4.81. The lowest BCUT2D eigenvalue weighted by atomic mass is 10.1. The average molecular weight is 358 g/mol. The van der Waals surface area contributed by atoms with E-state index in [0.29, 0.717) is 5.56 Å². The van der Waals surface area contributed by atoms with Gasteiger partial charge in [-0.15, -0.1) is 0 Å². The van der Waals surface area contributed by atoms with E-state index in [9.17, 15) is 18.0 Å². The normalized spacial score (nSPS) is 10.6. The Morgan fingerprint density at radius 2 is 1.71 bits per heavy atom. The molecule has 6 heteroatoms. The van der Waals surface area contributed by atoms with Crippen molar-refractivity contribution in [1.82, 2.24) is 0 Å². The molecule has 0 atom stereocenters. The number of rotatable bonds is 2. The molecule has 21 heavy (non-hydrogen) atoms. The summed E-state index contributed by atoms with van der Waals surface area (Å²) in [4.78, 5) is 12.0. The molecule has 0 saturated carbocycles. The van der Waals surface area contributed by atoms with Crippen molar-refractivity contribution in [2.45, 2.75) is 13.8 Å². The van der Waals surface area contributed by atoms with Gasteiger partial charge in [-0.3, -0.25) is 4.79 Å². The van der Waals surface area contributed by atoms with Crippen molar-refractivity contribution in [1.29, 1.82) is 0 Å². The Bertz CT molecular complexity index is 731. The molecule has 0 spiro atoms. The highest BCUT2D eigenvalue weighted by Gasteiger charge is 2.20. The van der Waals surface area contributed by atoms with Crippen LogP contribution in [0.2, 0.25) is 0 Å². The quantitative estimate of drug-likeness (QED) is 0.826. The summed E-state index contributed by atoms with van der Waals surface area (Å²) in [5, 5.41) is 2.32. The number of carbonyl (C=O) groups is 1. The molecule has 0 aliphatic rings. The summed E-state index contributed by atoms with van der Waals surface area (Å²) >= 11 is 3.02. The highest BCUT2D eigenvalue weighted by atomic mass is 79.9. The second kappa shape index (κ2) is 5.89. The van der Waals surface area contributed by atoms with Crippen LogP contribution < -0.4 is 5.32 Å². The van der Waals surface area contributed by atoms with E-state index in [0.717, 1.165) is 12.1 Å². The number of benzene rings is 2. The van der Waals surface area contributed by atoms with Gasteiger partial charge in [0.25, 0.3) is 5.91 Å². The minimum Gasteiger partial charge on any atom is -0.321 e. The Morgan fingerprint density at radius 1 is 1.05 bits per heavy atom. The molecule has 0 unspecified atom stereocenters. The van der Waals surface area contributed by atoms with E-state index >= 15 is 0 Å². The molecular formula is C15H11BrF3NO. The minimum absolute atomic E-state index is 0.153. The molecule has 2 nitrogen and oxygen atoms in total. The van der Waals surface area contributed by atoms with Gasteiger partial charge in [0.05, 0.1) is 4.47 Å². The number of nitrogens with one attached hydrogen (secondary N) is 1. The fraction of sp³-hybridized carbons (Fsp3) is 0.133. The second-order valence-corrected chi connectivity index (χ2v) is 5.44. The maximum absolute atomic E-state index is 13.9. The van der Waals surface area contributed by atoms with Gasteiger partial charge in [0, 0.05) is 5.69 Å². The van der Waals surface area contributed by atoms with Crippen LogP contribution in [0, 0.1) is 31.3 Å². The molecule has 1 N–H and O–H groups in total. The van der Waals surface area contributed by atoms with Crippen molar-refractivity contribution in [2.24, 2.45) is 0 Å². The number of anilines is 1. The molecule has 2 aromatic rings. The van der Waals surface area contributed by atoms with Crippen molar-refractivity contribution in [3.8, 4) is 0 Å². The van der Waals surface area contributed by atoms with Crippen LogP contribution in [0.3, 0.4) is 0 Å². The Labute approximate surface area is 128 Å². The Morgan fingerprint density at radius 3 is 2.38 bits per heavy atom. The lowest BCUT2D eigenvalue weighted by Gasteiger charge is -2.11. The van der Waals surface area contributed by atoms with Gasteiger partial charge < -0.3 is 5.32 Å². The largest absolute Gasteiger partial charge is 0.321 e. The van der Waals surface area contributed by atoms with Crippen LogP contribution >= 0.6 is 15.9 Å². The number of carbonyl (C=O) groups excluding carboxylic acids is 1. The van der Waals surface area contributed by atoms with Crippen molar-refractivity contribution in [3.63, 3.8) is 0 Å². The molecule has 0 aliphatic carbocycles. The molecule has 0 bridgehead atoms. The van der Waals surface area contributed by atoms with Crippen molar-refractivity contribution < 1.29 is 18.0 Å². The van der Waals surface area contributed by atoms with E-state index in [1.807, 2.05) is 0 Å². The molecule has 0 radical (unpaired) electrons. The van der Waals surface area contributed by atoms with Crippen LogP contribution in [0.1, 0.15) is 21.5 Å². The molecule has 0 heterocycles. The summed E-state index contributed by atoms with van der Waals surface area (Å²) in [7, 11) is 0. The fourth-order valence-corrected chi connectivity index (χ4v) is 2.29. The fourth-order valence-electron chi connectivity index (χ4n) is 1.83. The second-order valence-electron chi connectivity index (χ2n) is 4.59. The van der Waals surface area contributed by atoms with Gasteiger partial charge in [0.1, 0.15) is 23.0 Å². The molecule has 0 aliphatic heterocycles. The number of hydrogen-bond acceptors (Lipinski definition) is 1. The molecule has 110 valence electrons. The van der Waals surface area contributed by atoms with E-state index in [1.165, 1.54) is 19.1 Å². The summed E-state index contributed by atoms with van der Waals surface area (Å²) in [6.45, 7) is 3.07. The molecular weight excluding hydrogens is 347 g/mol. The molecule has 0 fully saturated rings. The van der Waals surface area contributed by atoms with Crippen molar-refractivity contribution in [3.05, 3.63) is 62.9 Å². The molecule has 0 aromatic heterocycles. The zero-order valence-corrected chi connectivity index (χ0v) is 12.8. The highest BCUT2D eigenvalue weighted by molar-refractivity contribution is 9.10. The first kappa shape index (κ1) is 15.6. The zero-order chi connectivity index (χ0) is 15.7. The monoisotopic (exact) mass is 357 g/mol. The molecule has 1 amide bonds. The van der Waals surface area contributed by atoms with E-state index < -0.39 is 28.9 Å². The average Bonchev–Trinajstić information content (AvgIpc) is 2.41. The smallest absolute Gasteiger partial charge is 0.261 e. The van der Waals surface area contributed by atoms with Crippen LogP contribution in [-0.2, 0) is 0 Å². The standard InChI is InChI=1S/C15H11BrF3NO/c1-7-3-4-10(17)13(14(7)19)15(21)20-12-6-11(18)9(16)5-8(12)2/h3-6H,1-2H3,(H,20,21). The first-order valence-electron chi connectivity index (χ1n) is 6.03. The van der Waals surface area contributed by atoms with Gasteiger partial charge in [-0.05, 0) is 59.1 Å². The minimum atomic E-state index is -0.967. The van der Waals surface area contributed by atoms with Gasteiger partial charge in [-0.1, -0.05) is 6.07 Å². The van der Waals surface area contributed by atoms with Crippen LogP contribution in [0.5, 0.6) is 0 Å².